The molecule has 6 nitrogen and oxygen atoms in total. The second-order valence-corrected chi connectivity index (χ2v) is 6.69. The summed E-state index contributed by atoms with van der Waals surface area (Å²) in [5, 5.41) is 9.99. The van der Waals surface area contributed by atoms with E-state index in [2.05, 4.69) is 15.5 Å². The maximum absolute atomic E-state index is 13.2. The van der Waals surface area contributed by atoms with Crippen LogP contribution in [0.15, 0.2) is 77.6 Å². The predicted molar refractivity (Wildman–Crippen MR) is 111 cm³/mol. The first-order valence-corrected chi connectivity index (χ1v) is 9.32. The highest BCUT2D eigenvalue weighted by Gasteiger charge is 2.13. The number of fused-ring (bicyclic) bond motifs is 1. The topological polar surface area (TPSA) is 84.1 Å². The fraction of sp³-hybridized carbons (Fsp3) is 0.0870. The molecule has 7 heteroatoms. The molecule has 0 saturated heterocycles. The van der Waals surface area contributed by atoms with E-state index in [-0.39, 0.29) is 23.0 Å². The van der Waals surface area contributed by atoms with Crippen LogP contribution in [0, 0.1) is 5.82 Å². The van der Waals surface area contributed by atoms with Crippen molar-refractivity contribution in [3.05, 3.63) is 106 Å². The van der Waals surface area contributed by atoms with Gasteiger partial charge in [0.1, 0.15) is 18.2 Å². The van der Waals surface area contributed by atoms with Gasteiger partial charge < -0.3 is 10.1 Å². The fourth-order valence-corrected chi connectivity index (χ4v) is 3.03. The van der Waals surface area contributed by atoms with Gasteiger partial charge in [-0.2, -0.15) is 5.10 Å². The molecule has 0 spiro atoms. The van der Waals surface area contributed by atoms with Crippen LogP contribution in [0.1, 0.15) is 21.6 Å². The highest BCUT2D eigenvalue weighted by atomic mass is 19.1. The van der Waals surface area contributed by atoms with Gasteiger partial charge in [0.2, 0.25) is 0 Å². The summed E-state index contributed by atoms with van der Waals surface area (Å²) in [6.45, 7) is 0.613. The van der Waals surface area contributed by atoms with E-state index in [4.69, 9.17) is 4.74 Å². The molecule has 0 fully saturated rings. The molecule has 0 aliphatic rings. The summed E-state index contributed by atoms with van der Waals surface area (Å²) in [7, 11) is 0. The van der Waals surface area contributed by atoms with Gasteiger partial charge in [-0.1, -0.05) is 48.5 Å². The fourth-order valence-electron chi connectivity index (χ4n) is 3.03. The molecule has 0 radical (unpaired) electrons. The van der Waals surface area contributed by atoms with Crippen LogP contribution in [0.25, 0.3) is 10.8 Å². The molecular weight excluding hydrogens is 385 g/mol. The molecule has 2 N–H and O–H groups in total. The number of amides is 1. The van der Waals surface area contributed by atoms with Crippen LogP contribution in [0.2, 0.25) is 0 Å². The number of carbonyl (C=O) groups is 1. The molecule has 1 amide bonds. The summed E-state index contributed by atoms with van der Waals surface area (Å²) >= 11 is 0. The average Bonchev–Trinajstić information content (AvgIpc) is 2.77. The van der Waals surface area contributed by atoms with Gasteiger partial charge in [0.05, 0.1) is 5.39 Å². The minimum Gasteiger partial charge on any atom is -0.489 e. The minimum atomic E-state index is -0.374. The van der Waals surface area contributed by atoms with Gasteiger partial charge in [-0.15, -0.1) is 0 Å². The number of aromatic amines is 1. The number of nitrogens with one attached hydrogen (secondary N) is 2. The summed E-state index contributed by atoms with van der Waals surface area (Å²) < 4.78 is 18.8. The Hall–Kier alpha value is -4.00. The number of hydrogen-bond acceptors (Lipinski definition) is 4. The normalized spacial score (nSPS) is 10.7. The standard InChI is InChI=1S/C23H18FN3O3/c24-17-4-3-5-18(12-17)30-14-16-10-8-15(9-11-16)13-25-23(29)21-19-6-1-2-7-20(19)22(28)27-26-21/h1-12H,13-14H2,(H,25,29)(H,27,28). The molecule has 0 atom stereocenters. The van der Waals surface area contributed by atoms with Crippen molar-refractivity contribution >= 4 is 16.7 Å². The monoisotopic (exact) mass is 403 g/mol. The maximum Gasteiger partial charge on any atom is 0.272 e. The second-order valence-electron chi connectivity index (χ2n) is 6.69. The lowest BCUT2D eigenvalue weighted by molar-refractivity contribution is 0.0946. The van der Waals surface area contributed by atoms with E-state index in [9.17, 15) is 14.0 Å². The first-order chi connectivity index (χ1) is 14.6. The molecule has 4 aromatic rings. The van der Waals surface area contributed by atoms with Crippen LogP contribution in [0.3, 0.4) is 0 Å². The zero-order chi connectivity index (χ0) is 20.9. The first-order valence-electron chi connectivity index (χ1n) is 9.32. The van der Waals surface area contributed by atoms with Crippen molar-refractivity contribution in [2.75, 3.05) is 0 Å². The lowest BCUT2D eigenvalue weighted by Gasteiger charge is -2.09. The number of H-pyrrole nitrogens is 1. The molecule has 1 heterocycles. The number of ether oxygens (including phenoxy) is 1. The lowest BCUT2D eigenvalue weighted by atomic mass is 10.1. The van der Waals surface area contributed by atoms with Crippen molar-refractivity contribution < 1.29 is 13.9 Å². The number of aromatic nitrogens is 2. The summed E-state index contributed by atoms with van der Waals surface area (Å²) in [5.74, 6) is -0.253. The Balaban J connectivity index is 1.38. The number of benzene rings is 3. The number of carbonyl (C=O) groups excluding carboxylic acids is 1. The van der Waals surface area contributed by atoms with Gasteiger partial charge >= 0.3 is 0 Å². The predicted octanol–water partition coefficient (Wildman–Crippen LogP) is 3.57. The quantitative estimate of drug-likeness (QED) is 0.516. The Labute approximate surface area is 171 Å². The van der Waals surface area contributed by atoms with Crippen LogP contribution in [-0.2, 0) is 13.2 Å². The third kappa shape index (κ3) is 4.35. The largest absolute Gasteiger partial charge is 0.489 e. The number of rotatable bonds is 6. The molecule has 3 aromatic carbocycles. The van der Waals surface area contributed by atoms with Crippen molar-refractivity contribution in [1.82, 2.24) is 15.5 Å². The molecule has 0 aliphatic heterocycles. The van der Waals surface area contributed by atoms with Gasteiger partial charge in [0, 0.05) is 18.0 Å². The minimum absolute atomic E-state index is 0.172. The highest BCUT2D eigenvalue weighted by Crippen LogP contribution is 2.15. The van der Waals surface area contributed by atoms with Gasteiger partial charge in [0.15, 0.2) is 5.69 Å². The zero-order valence-electron chi connectivity index (χ0n) is 15.9. The molecule has 0 bridgehead atoms. The number of halogens is 1. The van der Waals surface area contributed by atoms with Gasteiger partial charge in [0.25, 0.3) is 11.5 Å². The molecular formula is C23H18FN3O3. The van der Waals surface area contributed by atoms with Crippen molar-refractivity contribution in [3.63, 3.8) is 0 Å². The van der Waals surface area contributed by atoms with E-state index in [1.165, 1.54) is 12.1 Å². The SMILES string of the molecule is O=C(NCc1ccc(COc2cccc(F)c2)cc1)c1n[nH]c(=O)c2ccccc12. The second kappa shape index (κ2) is 8.57. The van der Waals surface area contributed by atoms with Crippen LogP contribution in [0.5, 0.6) is 5.75 Å². The van der Waals surface area contributed by atoms with Gasteiger partial charge in [-0.3, -0.25) is 9.59 Å². The lowest BCUT2D eigenvalue weighted by Crippen LogP contribution is -2.26. The highest BCUT2D eigenvalue weighted by molar-refractivity contribution is 6.04. The third-order valence-electron chi connectivity index (χ3n) is 4.59. The van der Waals surface area contributed by atoms with Crippen molar-refractivity contribution in [2.24, 2.45) is 0 Å². The van der Waals surface area contributed by atoms with Crippen LogP contribution in [0.4, 0.5) is 4.39 Å². The molecule has 1 aromatic heterocycles. The van der Waals surface area contributed by atoms with E-state index in [0.717, 1.165) is 11.1 Å². The number of hydrogen-bond donors (Lipinski definition) is 2. The van der Waals surface area contributed by atoms with Crippen molar-refractivity contribution in [1.29, 1.82) is 0 Å². The van der Waals surface area contributed by atoms with Gasteiger partial charge in [-0.25, -0.2) is 9.49 Å². The van der Waals surface area contributed by atoms with E-state index < -0.39 is 0 Å². The van der Waals surface area contributed by atoms with E-state index >= 15 is 0 Å². The Kier molecular flexibility index (Phi) is 5.52. The van der Waals surface area contributed by atoms with E-state index in [0.29, 0.717) is 29.7 Å². The average molecular weight is 403 g/mol. The summed E-state index contributed by atoms with van der Waals surface area (Å²) in [6, 6.07) is 20.3. The first kappa shape index (κ1) is 19.3. The molecule has 150 valence electrons. The Bertz CT molecular complexity index is 1250. The van der Waals surface area contributed by atoms with Crippen LogP contribution in [-0.4, -0.2) is 16.1 Å². The molecule has 4 rings (SSSR count). The molecule has 0 saturated carbocycles. The van der Waals surface area contributed by atoms with Crippen molar-refractivity contribution in [2.45, 2.75) is 13.2 Å². The van der Waals surface area contributed by atoms with E-state index in [1.807, 2.05) is 24.3 Å². The van der Waals surface area contributed by atoms with Gasteiger partial charge in [-0.05, 0) is 29.3 Å². The van der Waals surface area contributed by atoms with Crippen molar-refractivity contribution in [3.8, 4) is 5.75 Å². The van der Waals surface area contributed by atoms with Crippen LogP contribution < -0.4 is 15.6 Å². The summed E-state index contributed by atoms with van der Waals surface area (Å²) in [6.07, 6.45) is 0. The molecule has 0 aliphatic carbocycles. The third-order valence-corrected chi connectivity index (χ3v) is 4.59. The summed E-state index contributed by atoms with van der Waals surface area (Å²) in [4.78, 5) is 24.4. The zero-order valence-corrected chi connectivity index (χ0v) is 15.9. The molecule has 30 heavy (non-hydrogen) atoms. The maximum atomic E-state index is 13.2. The Morgan fingerprint density at radius 2 is 1.70 bits per heavy atom. The summed E-state index contributed by atoms with van der Waals surface area (Å²) in [5.41, 5.74) is 1.65. The Morgan fingerprint density at radius 3 is 2.47 bits per heavy atom. The van der Waals surface area contributed by atoms with Crippen LogP contribution >= 0.6 is 0 Å². The number of nitrogens with zero attached hydrogens (tertiary/aromatic N) is 1. The Morgan fingerprint density at radius 1 is 0.967 bits per heavy atom. The van der Waals surface area contributed by atoms with E-state index in [1.54, 1.807) is 36.4 Å². The molecule has 0 unspecified atom stereocenters. The smallest absolute Gasteiger partial charge is 0.272 e.